The maximum Gasteiger partial charge on any atom is 0.326 e. The van der Waals surface area contributed by atoms with Gasteiger partial charge in [-0.15, -0.1) is 0 Å². The Bertz CT molecular complexity index is 989. The lowest BCUT2D eigenvalue weighted by Crippen LogP contribution is -2.35. The lowest BCUT2D eigenvalue weighted by Gasteiger charge is -2.33. The summed E-state index contributed by atoms with van der Waals surface area (Å²) in [5, 5.41) is 15.3. The highest BCUT2D eigenvalue weighted by molar-refractivity contribution is 5.88. The number of nitrogens with one attached hydrogen (secondary N) is 1. The number of rotatable bonds is 4. The fraction of sp³-hybridized carbons (Fsp3) is 0.292. The summed E-state index contributed by atoms with van der Waals surface area (Å²) in [5.74, 6) is -0.241. The number of fused-ring (bicyclic) bond motifs is 2. The number of carbonyl (C=O) groups is 1. The van der Waals surface area contributed by atoms with Crippen molar-refractivity contribution in [2.24, 2.45) is 0 Å². The van der Waals surface area contributed by atoms with Gasteiger partial charge in [-0.25, -0.2) is 4.79 Å². The number of hydrogen-bond donors (Lipinski definition) is 2. The Hall–Kier alpha value is -2.81. The number of carboxylic acids is 1. The highest BCUT2D eigenvalue weighted by atomic mass is 16.4. The average molecular weight is 359 g/mol. The van der Waals surface area contributed by atoms with Crippen molar-refractivity contribution in [1.82, 2.24) is 0 Å². The minimum Gasteiger partial charge on any atom is -0.480 e. The molecule has 1 heterocycles. The predicted molar refractivity (Wildman–Crippen MR) is 111 cm³/mol. The second kappa shape index (κ2) is 7.07. The molecule has 0 aromatic heterocycles. The lowest BCUT2D eigenvalue weighted by molar-refractivity contribution is -0.138. The fourth-order valence-corrected chi connectivity index (χ4v) is 4.16. The largest absolute Gasteiger partial charge is 0.480 e. The minimum absolute atomic E-state index is 0.0671. The third kappa shape index (κ3) is 3.18. The van der Waals surface area contributed by atoms with Crippen LogP contribution in [-0.2, 0) is 4.79 Å². The Morgan fingerprint density at radius 3 is 2.67 bits per heavy atom. The van der Waals surface area contributed by atoms with E-state index in [-0.39, 0.29) is 5.92 Å². The fourth-order valence-electron chi connectivity index (χ4n) is 4.16. The minimum atomic E-state index is -0.795. The zero-order valence-corrected chi connectivity index (χ0v) is 15.8. The average Bonchev–Trinajstić information content (AvgIpc) is 2.71. The van der Waals surface area contributed by atoms with Gasteiger partial charge in [0.25, 0.3) is 0 Å². The van der Waals surface area contributed by atoms with E-state index in [0.717, 1.165) is 12.1 Å². The Morgan fingerprint density at radius 2 is 1.89 bits per heavy atom. The van der Waals surface area contributed by atoms with Crippen LogP contribution in [0.5, 0.6) is 0 Å². The van der Waals surface area contributed by atoms with Crippen molar-refractivity contribution in [3.05, 3.63) is 77.4 Å². The van der Waals surface area contributed by atoms with Crippen LogP contribution in [0.15, 0.2) is 60.7 Å². The Kier molecular flexibility index (Phi) is 4.61. The van der Waals surface area contributed by atoms with Crippen molar-refractivity contribution in [2.45, 2.75) is 44.6 Å². The zero-order valence-electron chi connectivity index (χ0n) is 15.8. The van der Waals surface area contributed by atoms with Gasteiger partial charge in [-0.2, -0.15) is 0 Å². The molecule has 3 aromatic rings. The van der Waals surface area contributed by atoms with Crippen molar-refractivity contribution in [3.8, 4) is 0 Å². The monoisotopic (exact) mass is 359 g/mol. The highest BCUT2D eigenvalue weighted by Gasteiger charge is 2.32. The molecule has 2 N–H and O–H groups in total. The van der Waals surface area contributed by atoms with Crippen LogP contribution in [0, 0.1) is 0 Å². The van der Waals surface area contributed by atoms with Gasteiger partial charge in [0.1, 0.15) is 6.04 Å². The molecule has 3 heteroatoms. The molecule has 4 rings (SSSR count). The van der Waals surface area contributed by atoms with Gasteiger partial charge in [-0.3, -0.25) is 0 Å². The molecule has 3 atom stereocenters. The van der Waals surface area contributed by atoms with Gasteiger partial charge in [-0.05, 0) is 52.3 Å². The smallest absolute Gasteiger partial charge is 0.326 e. The van der Waals surface area contributed by atoms with E-state index in [9.17, 15) is 9.90 Å². The lowest BCUT2D eigenvalue weighted by atomic mass is 9.79. The molecule has 1 aliphatic heterocycles. The molecule has 0 radical (unpaired) electrons. The van der Waals surface area contributed by atoms with E-state index in [1.54, 1.807) is 0 Å². The topological polar surface area (TPSA) is 49.3 Å². The quantitative estimate of drug-likeness (QED) is 0.623. The molecular weight excluding hydrogens is 334 g/mol. The van der Waals surface area contributed by atoms with Gasteiger partial charge >= 0.3 is 5.97 Å². The molecule has 0 bridgehead atoms. The van der Waals surface area contributed by atoms with Gasteiger partial charge in [0.15, 0.2) is 0 Å². The summed E-state index contributed by atoms with van der Waals surface area (Å²) in [5.41, 5.74) is 4.68. The summed E-state index contributed by atoms with van der Waals surface area (Å²) < 4.78 is 0. The van der Waals surface area contributed by atoms with Gasteiger partial charge in [0, 0.05) is 11.6 Å². The van der Waals surface area contributed by atoms with Crippen molar-refractivity contribution < 1.29 is 9.90 Å². The van der Waals surface area contributed by atoms with Gasteiger partial charge < -0.3 is 10.4 Å². The second-order valence-electron chi connectivity index (χ2n) is 7.55. The molecule has 1 aliphatic rings. The Morgan fingerprint density at radius 1 is 1.11 bits per heavy atom. The third-order valence-corrected chi connectivity index (χ3v) is 5.93. The molecular formula is C24H25NO2. The summed E-state index contributed by atoms with van der Waals surface area (Å²) >= 11 is 0. The third-order valence-electron chi connectivity index (χ3n) is 5.93. The SMILES string of the molecule is CCC(C)c1ccc2c(c1)C(c1cccc3ccccc13)CC(C(=O)O)N2. The number of hydrogen-bond acceptors (Lipinski definition) is 2. The van der Waals surface area contributed by atoms with Crippen molar-refractivity contribution in [1.29, 1.82) is 0 Å². The van der Waals surface area contributed by atoms with Gasteiger partial charge in [0.2, 0.25) is 0 Å². The number of carboxylic acid groups (broad SMARTS) is 1. The second-order valence-corrected chi connectivity index (χ2v) is 7.55. The first-order valence-electron chi connectivity index (χ1n) is 9.69. The molecule has 3 aromatic carbocycles. The zero-order chi connectivity index (χ0) is 19.0. The van der Waals surface area contributed by atoms with Crippen molar-refractivity contribution >= 4 is 22.4 Å². The molecule has 27 heavy (non-hydrogen) atoms. The van der Waals surface area contributed by atoms with Gasteiger partial charge in [-0.1, -0.05) is 68.4 Å². The molecule has 0 saturated heterocycles. The van der Waals surface area contributed by atoms with Crippen LogP contribution in [-0.4, -0.2) is 17.1 Å². The molecule has 0 saturated carbocycles. The summed E-state index contributed by atoms with van der Waals surface area (Å²) in [4.78, 5) is 11.8. The van der Waals surface area contributed by atoms with Crippen LogP contribution < -0.4 is 5.32 Å². The maximum absolute atomic E-state index is 11.8. The number of benzene rings is 3. The number of anilines is 1. The Balaban J connectivity index is 1.89. The normalized spacial score (nSPS) is 19.9. The van der Waals surface area contributed by atoms with Crippen LogP contribution in [0.1, 0.15) is 55.2 Å². The standard InChI is InChI=1S/C24H25NO2/c1-3-15(2)17-11-12-22-21(13-17)20(14-23(25-22)24(26)27)19-10-6-8-16-7-4-5-9-18(16)19/h4-13,15,20,23,25H,3,14H2,1-2H3,(H,26,27). The van der Waals surface area contributed by atoms with E-state index >= 15 is 0 Å². The molecule has 138 valence electrons. The van der Waals surface area contributed by atoms with E-state index in [2.05, 4.69) is 73.8 Å². The molecule has 0 fully saturated rings. The van der Waals surface area contributed by atoms with E-state index in [1.165, 1.54) is 27.5 Å². The van der Waals surface area contributed by atoms with Crippen LogP contribution in [0.3, 0.4) is 0 Å². The van der Waals surface area contributed by atoms with Crippen LogP contribution >= 0.6 is 0 Å². The Labute approximate surface area is 160 Å². The van der Waals surface area contributed by atoms with Gasteiger partial charge in [0.05, 0.1) is 0 Å². The molecule has 3 nitrogen and oxygen atoms in total. The van der Waals surface area contributed by atoms with Crippen LogP contribution in [0.2, 0.25) is 0 Å². The molecule has 0 amide bonds. The molecule has 3 unspecified atom stereocenters. The van der Waals surface area contributed by atoms with E-state index < -0.39 is 12.0 Å². The van der Waals surface area contributed by atoms with E-state index in [0.29, 0.717) is 12.3 Å². The van der Waals surface area contributed by atoms with Crippen molar-refractivity contribution in [2.75, 3.05) is 5.32 Å². The maximum atomic E-state index is 11.8. The summed E-state index contributed by atoms with van der Waals surface area (Å²) in [7, 11) is 0. The summed E-state index contributed by atoms with van der Waals surface area (Å²) in [6.07, 6.45) is 1.64. The van der Waals surface area contributed by atoms with E-state index in [1.807, 2.05) is 6.07 Å². The summed E-state index contributed by atoms with van der Waals surface area (Å²) in [6, 6.07) is 20.6. The molecule has 0 spiro atoms. The first-order valence-corrected chi connectivity index (χ1v) is 9.69. The molecule has 0 aliphatic carbocycles. The van der Waals surface area contributed by atoms with Crippen molar-refractivity contribution in [3.63, 3.8) is 0 Å². The van der Waals surface area contributed by atoms with Crippen LogP contribution in [0.4, 0.5) is 5.69 Å². The number of aliphatic carboxylic acids is 1. The van der Waals surface area contributed by atoms with E-state index in [4.69, 9.17) is 0 Å². The first kappa shape index (κ1) is 17.6. The highest BCUT2D eigenvalue weighted by Crippen LogP contribution is 2.42. The predicted octanol–water partition coefficient (Wildman–Crippen LogP) is 5.75. The first-order chi connectivity index (χ1) is 13.1. The van der Waals surface area contributed by atoms with Crippen LogP contribution in [0.25, 0.3) is 10.8 Å². The summed E-state index contributed by atoms with van der Waals surface area (Å²) in [6.45, 7) is 4.44.